The molecule has 7 nitrogen and oxygen atoms in total. The van der Waals surface area contributed by atoms with E-state index >= 15 is 0 Å². The molecular weight excluding hydrogens is 302 g/mol. The lowest BCUT2D eigenvalue weighted by Crippen LogP contribution is -2.20. The summed E-state index contributed by atoms with van der Waals surface area (Å²) in [5.41, 5.74) is 3.62. The maximum Gasteiger partial charge on any atom is 0.224 e. The molecule has 0 aliphatic rings. The second-order valence-electron chi connectivity index (χ2n) is 7.02. The highest BCUT2D eigenvalue weighted by Crippen LogP contribution is 2.26. The Morgan fingerprint density at radius 1 is 1.21 bits per heavy atom. The van der Waals surface area contributed by atoms with Gasteiger partial charge in [0.15, 0.2) is 5.65 Å². The average Bonchev–Trinajstić information content (AvgIpc) is 3.17. The number of anilines is 1. The Balaban J connectivity index is 1.69. The van der Waals surface area contributed by atoms with Gasteiger partial charge in [0, 0.05) is 42.3 Å². The molecule has 0 fully saturated rings. The third kappa shape index (κ3) is 2.68. The molecule has 0 aliphatic carbocycles. The van der Waals surface area contributed by atoms with Gasteiger partial charge in [0.05, 0.1) is 5.69 Å². The summed E-state index contributed by atoms with van der Waals surface area (Å²) in [7, 11) is 0. The standard InChI is InChI=1S/C17H19N7/c1-17(2,3)10-21-16-20-9-12-11(8-19-15(12)22-16)13-4-5-14-18-6-7-24(14)23-13/h4-9H,10H2,1-3H3,(H2,19,20,21,22). The van der Waals surface area contributed by atoms with E-state index in [0.717, 1.165) is 34.5 Å². The zero-order valence-electron chi connectivity index (χ0n) is 13.9. The van der Waals surface area contributed by atoms with Gasteiger partial charge in [-0.25, -0.2) is 14.5 Å². The predicted octanol–water partition coefficient (Wildman–Crippen LogP) is 3.13. The Kier molecular flexibility index (Phi) is 3.23. The largest absolute Gasteiger partial charge is 0.354 e. The highest BCUT2D eigenvalue weighted by Gasteiger charge is 2.13. The molecule has 0 amide bonds. The SMILES string of the molecule is CC(C)(C)CNc1ncc2c(-c3ccc4nccn4n3)c[nH]c2n1. The second-order valence-corrected chi connectivity index (χ2v) is 7.02. The van der Waals surface area contributed by atoms with E-state index in [1.54, 1.807) is 10.7 Å². The number of aromatic nitrogens is 6. The van der Waals surface area contributed by atoms with E-state index < -0.39 is 0 Å². The van der Waals surface area contributed by atoms with Crippen molar-refractivity contribution < 1.29 is 0 Å². The summed E-state index contributed by atoms with van der Waals surface area (Å²) in [5.74, 6) is 0.629. The van der Waals surface area contributed by atoms with E-state index in [0.29, 0.717) is 5.95 Å². The Morgan fingerprint density at radius 3 is 2.92 bits per heavy atom. The van der Waals surface area contributed by atoms with Gasteiger partial charge in [-0.15, -0.1) is 0 Å². The van der Waals surface area contributed by atoms with Crippen molar-refractivity contribution in [2.75, 3.05) is 11.9 Å². The molecule has 24 heavy (non-hydrogen) atoms. The maximum absolute atomic E-state index is 4.58. The highest BCUT2D eigenvalue weighted by atomic mass is 15.2. The fraction of sp³-hybridized carbons (Fsp3) is 0.294. The van der Waals surface area contributed by atoms with Crippen molar-refractivity contribution in [1.82, 2.24) is 29.5 Å². The van der Waals surface area contributed by atoms with Crippen molar-refractivity contribution in [3.63, 3.8) is 0 Å². The molecule has 2 N–H and O–H groups in total. The lowest BCUT2D eigenvalue weighted by Gasteiger charge is -2.18. The van der Waals surface area contributed by atoms with E-state index in [2.05, 4.69) is 51.1 Å². The Bertz CT molecular complexity index is 1010. The number of imidazole rings is 1. The highest BCUT2D eigenvalue weighted by molar-refractivity contribution is 5.92. The van der Waals surface area contributed by atoms with Crippen LogP contribution < -0.4 is 5.32 Å². The summed E-state index contributed by atoms with van der Waals surface area (Å²) in [6, 6.07) is 3.90. The lowest BCUT2D eigenvalue weighted by atomic mass is 9.97. The van der Waals surface area contributed by atoms with Gasteiger partial charge in [0.2, 0.25) is 5.95 Å². The summed E-state index contributed by atoms with van der Waals surface area (Å²) in [6.45, 7) is 7.32. The zero-order valence-corrected chi connectivity index (χ0v) is 13.9. The third-order valence-corrected chi connectivity index (χ3v) is 3.74. The third-order valence-electron chi connectivity index (χ3n) is 3.74. The van der Waals surface area contributed by atoms with Crippen LogP contribution in [0.1, 0.15) is 20.8 Å². The minimum atomic E-state index is 0.170. The normalized spacial score (nSPS) is 12.1. The molecule has 4 aromatic heterocycles. The van der Waals surface area contributed by atoms with Crippen molar-refractivity contribution in [1.29, 1.82) is 0 Å². The number of nitrogens with zero attached hydrogens (tertiary/aromatic N) is 5. The van der Waals surface area contributed by atoms with E-state index in [4.69, 9.17) is 0 Å². The van der Waals surface area contributed by atoms with Crippen molar-refractivity contribution in [3.8, 4) is 11.3 Å². The molecule has 122 valence electrons. The number of rotatable bonds is 3. The average molecular weight is 321 g/mol. The second kappa shape index (κ2) is 5.30. The van der Waals surface area contributed by atoms with Gasteiger partial charge in [0.25, 0.3) is 0 Å². The molecule has 0 saturated heterocycles. The first-order valence-electron chi connectivity index (χ1n) is 7.88. The van der Waals surface area contributed by atoms with Crippen LogP contribution in [0.2, 0.25) is 0 Å². The van der Waals surface area contributed by atoms with Crippen LogP contribution in [0.25, 0.3) is 27.9 Å². The number of fused-ring (bicyclic) bond motifs is 2. The first-order chi connectivity index (χ1) is 11.5. The van der Waals surface area contributed by atoms with E-state index in [9.17, 15) is 0 Å². The van der Waals surface area contributed by atoms with Crippen LogP contribution in [-0.4, -0.2) is 36.1 Å². The number of hydrogen-bond acceptors (Lipinski definition) is 5. The molecule has 4 heterocycles. The van der Waals surface area contributed by atoms with Crippen molar-refractivity contribution >= 4 is 22.6 Å². The lowest BCUT2D eigenvalue weighted by molar-refractivity contribution is 0.442. The monoisotopic (exact) mass is 321 g/mol. The van der Waals surface area contributed by atoms with Gasteiger partial charge >= 0.3 is 0 Å². The van der Waals surface area contributed by atoms with Crippen LogP contribution in [0, 0.1) is 5.41 Å². The molecule has 4 aromatic rings. The summed E-state index contributed by atoms with van der Waals surface area (Å²) in [5, 5.41) is 8.81. The Morgan fingerprint density at radius 2 is 2.08 bits per heavy atom. The van der Waals surface area contributed by atoms with Crippen LogP contribution in [0.3, 0.4) is 0 Å². The van der Waals surface area contributed by atoms with Crippen LogP contribution in [0.15, 0.2) is 36.9 Å². The molecule has 0 saturated carbocycles. The maximum atomic E-state index is 4.58. The molecular formula is C17H19N7. The van der Waals surface area contributed by atoms with Crippen LogP contribution >= 0.6 is 0 Å². The number of H-pyrrole nitrogens is 1. The van der Waals surface area contributed by atoms with Gasteiger partial charge in [-0.05, 0) is 17.5 Å². The van der Waals surface area contributed by atoms with Gasteiger partial charge in [0.1, 0.15) is 5.65 Å². The van der Waals surface area contributed by atoms with Crippen LogP contribution in [0.5, 0.6) is 0 Å². The van der Waals surface area contributed by atoms with Gasteiger partial charge < -0.3 is 10.3 Å². The quantitative estimate of drug-likeness (QED) is 0.605. The number of nitrogens with one attached hydrogen (secondary N) is 2. The first kappa shape index (κ1) is 14.6. The van der Waals surface area contributed by atoms with Gasteiger partial charge in [-0.2, -0.15) is 10.1 Å². The minimum absolute atomic E-state index is 0.170. The molecule has 0 aromatic carbocycles. The number of aromatic amines is 1. The predicted molar refractivity (Wildman–Crippen MR) is 93.8 cm³/mol. The summed E-state index contributed by atoms with van der Waals surface area (Å²) in [4.78, 5) is 16.4. The summed E-state index contributed by atoms with van der Waals surface area (Å²) < 4.78 is 1.76. The molecule has 0 radical (unpaired) electrons. The topological polar surface area (TPSA) is 83.8 Å². The molecule has 0 bridgehead atoms. The van der Waals surface area contributed by atoms with E-state index in [1.165, 1.54) is 0 Å². The fourth-order valence-corrected chi connectivity index (χ4v) is 2.51. The van der Waals surface area contributed by atoms with Gasteiger partial charge in [-0.3, -0.25) is 0 Å². The van der Waals surface area contributed by atoms with E-state index in [1.807, 2.05) is 30.7 Å². The smallest absolute Gasteiger partial charge is 0.224 e. The minimum Gasteiger partial charge on any atom is -0.354 e. The van der Waals surface area contributed by atoms with Crippen molar-refractivity contribution in [2.45, 2.75) is 20.8 Å². The van der Waals surface area contributed by atoms with Crippen LogP contribution in [-0.2, 0) is 0 Å². The number of hydrogen-bond donors (Lipinski definition) is 2. The zero-order chi connectivity index (χ0) is 16.7. The molecule has 0 unspecified atom stereocenters. The van der Waals surface area contributed by atoms with Crippen molar-refractivity contribution in [2.24, 2.45) is 5.41 Å². The molecule has 0 spiro atoms. The fourth-order valence-electron chi connectivity index (χ4n) is 2.51. The van der Waals surface area contributed by atoms with Gasteiger partial charge in [-0.1, -0.05) is 20.8 Å². The first-order valence-corrected chi connectivity index (χ1v) is 7.88. The summed E-state index contributed by atoms with van der Waals surface area (Å²) in [6.07, 6.45) is 7.31. The molecule has 4 rings (SSSR count). The Hall–Kier alpha value is -2.96. The molecule has 0 aliphatic heterocycles. The van der Waals surface area contributed by atoms with Crippen LogP contribution in [0.4, 0.5) is 5.95 Å². The van der Waals surface area contributed by atoms with Crippen molar-refractivity contribution in [3.05, 3.63) is 36.9 Å². The summed E-state index contributed by atoms with van der Waals surface area (Å²) >= 11 is 0. The molecule has 0 atom stereocenters. The van der Waals surface area contributed by atoms with E-state index in [-0.39, 0.29) is 5.41 Å². The molecule has 7 heteroatoms. The Labute approximate surface area is 139 Å².